The van der Waals surface area contributed by atoms with Crippen LogP contribution < -0.4 is 21.7 Å². The minimum absolute atomic E-state index is 0.266. The molecule has 1 amide bonds. The van der Waals surface area contributed by atoms with Crippen molar-refractivity contribution in [1.82, 2.24) is 19.6 Å². The van der Waals surface area contributed by atoms with Gasteiger partial charge in [-0.15, -0.1) is 5.10 Å². The van der Waals surface area contributed by atoms with Crippen molar-refractivity contribution in [3.05, 3.63) is 72.3 Å². The molecule has 9 nitrogen and oxygen atoms in total. The highest BCUT2D eigenvalue weighted by molar-refractivity contribution is 6.03. The van der Waals surface area contributed by atoms with E-state index in [9.17, 15) is 4.79 Å². The number of fused-ring (bicyclic) bond motifs is 1. The van der Waals surface area contributed by atoms with Crippen molar-refractivity contribution < 1.29 is 4.79 Å². The summed E-state index contributed by atoms with van der Waals surface area (Å²) in [5.41, 5.74) is 10.3. The number of nitrogens with zero attached hydrogens (tertiary/aromatic N) is 4. The summed E-state index contributed by atoms with van der Waals surface area (Å²) >= 11 is 0. The maximum atomic E-state index is 13.1. The van der Waals surface area contributed by atoms with Gasteiger partial charge in [0.15, 0.2) is 17.2 Å². The monoisotopic (exact) mass is 456 g/mol. The third-order valence-electron chi connectivity index (χ3n) is 6.22. The van der Waals surface area contributed by atoms with Gasteiger partial charge in [-0.05, 0) is 56.9 Å². The Morgan fingerprint density at radius 1 is 1.03 bits per heavy atom. The zero-order valence-corrected chi connectivity index (χ0v) is 19.0. The Balaban J connectivity index is 1.54. The van der Waals surface area contributed by atoms with E-state index in [1.807, 2.05) is 37.3 Å². The molecule has 0 saturated heterocycles. The Bertz CT molecular complexity index is 1280. The number of nitrogens with two attached hydrogens (primary N) is 1. The molecule has 1 saturated carbocycles. The van der Waals surface area contributed by atoms with Gasteiger partial charge in [0, 0.05) is 41.4 Å². The molecule has 174 valence electrons. The van der Waals surface area contributed by atoms with E-state index in [0.29, 0.717) is 17.0 Å². The summed E-state index contributed by atoms with van der Waals surface area (Å²) in [6.07, 6.45) is 8.76. The molecule has 5 N–H and O–H groups in total. The first-order chi connectivity index (χ1) is 16.6. The molecule has 3 heterocycles. The molecular formula is C25H28N8O. The molecule has 0 spiro atoms. The van der Waals surface area contributed by atoms with Crippen LogP contribution in [-0.2, 0) is 0 Å². The van der Waals surface area contributed by atoms with Gasteiger partial charge in [0.1, 0.15) is 0 Å². The number of rotatable bonds is 6. The predicted octanol–water partition coefficient (Wildman–Crippen LogP) is 4.11. The molecule has 4 aromatic rings. The number of pyridine rings is 1. The molecule has 9 heteroatoms. The number of nitrogens with one attached hydrogen (secondary N) is 3. The lowest BCUT2D eigenvalue weighted by molar-refractivity contribution is 0.102. The van der Waals surface area contributed by atoms with Crippen LogP contribution in [0.2, 0.25) is 0 Å². The summed E-state index contributed by atoms with van der Waals surface area (Å²) in [4.78, 5) is 21.6. The van der Waals surface area contributed by atoms with Gasteiger partial charge in [-0.1, -0.05) is 18.2 Å². The van der Waals surface area contributed by atoms with E-state index in [1.54, 1.807) is 35.2 Å². The molecule has 0 atom stereocenters. The Morgan fingerprint density at radius 2 is 1.76 bits per heavy atom. The summed E-state index contributed by atoms with van der Waals surface area (Å²) in [6.45, 7) is 2.01. The van der Waals surface area contributed by atoms with Crippen LogP contribution in [-0.4, -0.2) is 37.6 Å². The van der Waals surface area contributed by atoms with E-state index < -0.39 is 0 Å². The summed E-state index contributed by atoms with van der Waals surface area (Å²) in [5, 5.41) is 14.8. The number of aromatic nitrogens is 4. The van der Waals surface area contributed by atoms with Crippen molar-refractivity contribution in [1.29, 1.82) is 0 Å². The first-order valence-corrected chi connectivity index (χ1v) is 11.5. The van der Waals surface area contributed by atoms with Crippen LogP contribution in [0.5, 0.6) is 0 Å². The number of imidazole rings is 1. The smallest absolute Gasteiger partial charge is 0.276 e. The largest absolute Gasteiger partial charge is 0.366 e. The topological polar surface area (TPSA) is 122 Å². The first kappa shape index (κ1) is 21.8. The zero-order valence-electron chi connectivity index (χ0n) is 19.0. The fourth-order valence-corrected chi connectivity index (χ4v) is 4.27. The van der Waals surface area contributed by atoms with Crippen LogP contribution in [0.4, 0.5) is 22.9 Å². The van der Waals surface area contributed by atoms with Crippen molar-refractivity contribution in [2.45, 2.75) is 44.7 Å². The number of anilines is 4. The van der Waals surface area contributed by atoms with Crippen LogP contribution in [0.3, 0.4) is 0 Å². The number of carbonyl (C=O) groups is 1. The van der Waals surface area contributed by atoms with Gasteiger partial charge in [-0.25, -0.2) is 9.50 Å². The van der Waals surface area contributed by atoms with Gasteiger partial charge in [-0.3, -0.25) is 9.78 Å². The second kappa shape index (κ2) is 9.48. The average molecular weight is 457 g/mol. The van der Waals surface area contributed by atoms with Gasteiger partial charge < -0.3 is 21.7 Å². The summed E-state index contributed by atoms with van der Waals surface area (Å²) in [5.74, 6) is 0.428. The Kier molecular flexibility index (Phi) is 6.09. The van der Waals surface area contributed by atoms with Crippen LogP contribution in [0.1, 0.15) is 41.7 Å². The molecule has 0 unspecified atom stereocenters. The van der Waals surface area contributed by atoms with E-state index in [4.69, 9.17) is 10.8 Å². The van der Waals surface area contributed by atoms with E-state index in [-0.39, 0.29) is 18.0 Å². The Morgan fingerprint density at radius 3 is 2.50 bits per heavy atom. The highest BCUT2D eigenvalue weighted by Gasteiger charge is 2.23. The maximum absolute atomic E-state index is 13.1. The lowest BCUT2D eigenvalue weighted by Crippen LogP contribution is -2.33. The second-order valence-corrected chi connectivity index (χ2v) is 8.66. The van der Waals surface area contributed by atoms with Crippen molar-refractivity contribution in [2.75, 3.05) is 16.0 Å². The zero-order chi connectivity index (χ0) is 23.5. The number of para-hydroxylation sites is 1. The summed E-state index contributed by atoms with van der Waals surface area (Å²) in [7, 11) is 0. The number of benzene rings is 1. The van der Waals surface area contributed by atoms with Gasteiger partial charge in [0.2, 0.25) is 0 Å². The molecule has 1 fully saturated rings. The van der Waals surface area contributed by atoms with Crippen LogP contribution >= 0.6 is 0 Å². The second-order valence-electron chi connectivity index (χ2n) is 8.66. The molecule has 1 aromatic carbocycles. The summed E-state index contributed by atoms with van der Waals surface area (Å²) in [6, 6.07) is 13.9. The number of carbonyl (C=O) groups excluding carboxylic acids is 1. The van der Waals surface area contributed by atoms with Crippen molar-refractivity contribution in [2.24, 2.45) is 5.73 Å². The molecule has 3 aromatic heterocycles. The van der Waals surface area contributed by atoms with Crippen LogP contribution in [0.15, 0.2) is 61.1 Å². The molecule has 0 aliphatic heterocycles. The minimum Gasteiger partial charge on any atom is -0.366 e. The van der Waals surface area contributed by atoms with E-state index in [2.05, 4.69) is 25.9 Å². The number of hydrogen-bond acceptors (Lipinski definition) is 7. The third kappa shape index (κ3) is 4.55. The van der Waals surface area contributed by atoms with Gasteiger partial charge in [-0.2, -0.15) is 0 Å². The van der Waals surface area contributed by atoms with Crippen molar-refractivity contribution in [3.63, 3.8) is 0 Å². The minimum atomic E-state index is -0.296. The van der Waals surface area contributed by atoms with E-state index >= 15 is 0 Å². The SMILES string of the molecule is Cc1c(N[C@H]2CC[C@H](N)CC2)nn2c(C(=O)Nc3ccncc3)cnc2c1Nc1ccccc1. The molecule has 34 heavy (non-hydrogen) atoms. The van der Waals surface area contributed by atoms with Gasteiger partial charge in [0.05, 0.1) is 11.9 Å². The predicted molar refractivity (Wildman–Crippen MR) is 133 cm³/mol. The third-order valence-corrected chi connectivity index (χ3v) is 6.22. The lowest BCUT2D eigenvalue weighted by atomic mass is 9.92. The first-order valence-electron chi connectivity index (χ1n) is 11.5. The molecule has 1 aliphatic rings. The normalized spacial score (nSPS) is 17.9. The molecule has 1 aliphatic carbocycles. The standard InChI is InChI=1S/C25H28N8O/c1-16-22(29-18-5-3-2-4-6-18)24-28-15-21(25(34)31-20-11-13-27-14-12-20)33(24)32-23(16)30-19-9-7-17(26)8-10-19/h2-6,11-15,17,19,29H,7-10,26H2,1H3,(H,30,32)(H,27,31,34)/t17-,19-. The fraction of sp³-hybridized carbons (Fsp3) is 0.280. The number of amides is 1. The fourth-order valence-electron chi connectivity index (χ4n) is 4.27. The Hall–Kier alpha value is -3.98. The molecule has 5 rings (SSSR count). The van der Waals surface area contributed by atoms with Crippen molar-refractivity contribution in [3.8, 4) is 0 Å². The van der Waals surface area contributed by atoms with E-state index in [1.165, 1.54) is 0 Å². The molecule has 0 bridgehead atoms. The van der Waals surface area contributed by atoms with Crippen LogP contribution in [0.25, 0.3) is 5.65 Å². The quantitative estimate of drug-likeness (QED) is 0.344. The average Bonchev–Trinajstić information content (AvgIpc) is 3.28. The lowest BCUT2D eigenvalue weighted by Gasteiger charge is -2.28. The summed E-state index contributed by atoms with van der Waals surface area (Å²) < 4.78 is 1.60. The molecule has 0 radical (unpaired) electrons. The highest BCUT2D eigenvalue weighted by Crippen LogP contribution is 2.31. The molecular weight excluding hydrogens is 428 g/mol. The highest BCUT2D eigenvalue weighted by atomic mass is 16.2. The van der Waals surface area contributed by atoms with Gasteiger partial charge >= 0.3 is 0 Å². The van der Waals surface area contributed by atoms with Crippen molar-refractivity contribution >= 4 is 34.4 Å². The Labute approximate surface area is 197 Å². The van der Waals surface area contributed by atoms with Crippen LogP contribution in [0, 0.1) is 6.92 Å². The van der Waals surface area contributed by atoms with Gasteiger partial charge in [0.25, 0.3) is 5.91 Å². The van der Waals surface area contributed by atoms with E-state index in [0.717, 1.165) is 48.4 Å². The maximum Gasteiger partial charge on any atom is 0.276 e. The number of hydrogen-bond donors (Lipinski definition) is 4.